The maximum Gasteiger partial charge on any atom is 0.387 e. The number of urea groups is 1. The van der Waals surface area contributed by atoms with Gasteiger partial charge in [-0.3, -0.25) is 9.69 Å². The van der Waals surface area contributed by atoms with Crippen LogP contribution in [0.15, 0.2) is 48.5 Å². The van der Waals surface area contributed by atoms with E-state index in [1.165, 1.54) is 18.2 Å². The van der Waals surface area contributed by atoms with E-state index in [0.29, 0.717) is 24.5 Å². The van der Waals surface area contributed by atoms with Crippen molar-refractivity contribution in [2.75, 3.05) is 23.3 Å². The number of nitrogens with one attached hydrogen (secondary N) is 2. The fraction of sp³-hybridized carbons (Fsp3) is 0.222. The van der Waals surface area contributed by atoms with Gasteiger partial charge in [-0.1, -0.05) is 18.2 Å². The van der Waals surface area contributed by atoms with E-state index in [4.69, 9.17) is 0 Å². The number of alkyl halides is 2. The Kier molecular flexibility index (Phi) is 5.31. The van der Waals surface area contributed by atoms with Crippen LogP contribution in [0.2, 0.25) is 0 Å². The maximum absolute atomic E-state index is 12.5. The molecule has 1 aliphatic heterocycles. The molecule has 0 atom stereocenters. The second kappa shape index (κ2) is 7.81. The Morgan fingerprint density at radius 2 is 2.00 bits per heavy atom. The van der Waals surface area contributed by atoms with E-state index < -0.39 is 12.5 Å². The lowest BCUT2D eigenvalue weighted by atomic mass is 10.1. The molecule has 0 unspecified atom stereocenters. The molecule has 2 aromatic rings. The average Bonchev–Trinajstić information content (AvgIpc) is 2.62. The standard InChI is InChI=1S/C18H17F2N3O3/c19-17(20)26-15-8-2-1-7-14(15)16(24)22-12-5-3-6-13(11-12)23-10-4-9-21-18(23)25/h1-3,5-8,11,17H,4,9-10H2,(H,21,25)(H,22,24). The second-order valence-electron chi connectivity index (χ2n) is 5.62. The molecule has 1 aliphatic rings. The summed E-state index contributed by atoms with van der Waals surface area (Å²) < 4.78 is 29.4. The molecule has 6 nitrogen and oxygen atoms in total. The molecule has 3 amide bonds. The number of benzene rings is 2. The lowest BCUT2D eigenvalue weighted by molar-refractivity contribution is -0.0501. The Balaban J connectivity index is 1.78. The third kappa shape index (κ3) is 4.08. The molecule has 136 valence electrons. The van der Waals surface area contributed by atoms with Crippen molar-refractivity contribution in [2.45, 2.75) is 13.0 Å². The van der Waals surface area contributed by atoms with E-state index in [1.807, 2.05) is 0 Å². The summed E-state index contributed by atoms with van der Waals surface area (Å²) in [4.78, 5) is 26.0. The highest BCUT2D eigenvalue weighted by Gasteiger charge is 2.20. The van der Waals surface area contributed by atoms with Gasteiger partial charge >= 0.3 is 12.6 Å². The van der Waals surface area contributed by atoms with Crippen molar-refractivity contribution in [2.24, 2.45) is 0 Å². The first-order valence-electron chi connectivity index (χ1n) is 8.05. The summed E-state index contributed by atoms with van der Waals surface area (Å²) in [6.45, 7) is -1.81. The van der Waals surface area contributed by atoms with Crippen LogP contribution in [0.1, 0.15) is 16.8 Å². The molecule has 1 heterocycles. The van der Waals surface area contributed by atoms with Gasteiger partial charge in [-0.2, -0.15) is 8.78 Å². The molecule has 0 aromatic heterocycles. The third-order valence-corrected chi connectivity index (χ3v) is 3.84. The van der Waals surface area contributed by atoms with Gasteiger partial charge in [0, 0.05) is 24.5 Å². The number of nitrogens with zero attached hydrogens (tertiary/aromatic N) is 1. The van der Waals surface area contributed by atoms with Crippen LogP contribution in [-0.4, -0.2) is 31.6 Å². The molecule has 0 radical (unpaired) electrons. The zero-order valence-electron chi connectivity index (χ0n) is 13.7. The molecule has 0 saturated carbocycles. The van der Waals surface area contributed by atoms with Gasteiger partial charge in [0.2, 0.25) is 0 Å². The van der Waals surface area contributed by atoms with Crippen molar-refractivity contribution >= 4 is 23.3 Å². The van der Waals surface area contributed by atoms with Gasteiger partial charge in [-0.05, 0) is 36.8 Å². The smallest absolute Gasteiger partial charge is 0.387 e. The van der Waals surface area contributed by atoms with E-state index in [1.54, 1.807) is 35.2 Å². The van der Waals surface area contributed by atoms with Gasteiger partial charge in [0.15, 0.2) is 0 Å². The van der Waals surface area contributed by atoms with Crippen molar-refractivity contribution in [3.63, 3.8) is 0 Å². The van der Waals surface area contributed by atoms with Crippen LogP contribution >= 0.6 is 0 Å². The fourth-order valence-electron chi connectivity index (χ4n) is 2.68. The van der Waals surface area contributed by atoms with Crippen molar-refractivity contribution in [3.05, 3.63) is 54.1 Å². The van der Waals surface area contributed by atoms with Gasteiger partial charge in [0.05, 0.1) is 5.56 Å². The topological polar surface area (TPSA) is 70.7 Å². The minimum absolute atomic E-state index is 0.00563. The molecule has 2 N–H and O–H groups in total. The first-order chi connectivity index (χ1) is 12.5. The first kappa shape index (κ1) is 17.7. The Labute approximate surface area is 148 Å². The highest BCUT2D eigenvalue weighted by molar-refractivity contribution is 6.06. The van der Waals surface area contributed by atoms with Crippen LogP contribution in [0.25, 0.3) is 0 Å². The molecule has 26 heavy (non-hydrogen) atoms. The van der Waals surface area contributed by atoms with E-state index >= 15 is 0 Å². The van der Waals surface area contributed by atoms with Crippen molar-refractivity contribution in [3.8, 4) is 5.75 Å². The first-order valence-corrected chi connectivity index (χ1v) is 8.05. The summed E-state index contributed by atoms with van der Waals surface area (Å²) >= 11 is 0. The van der Waals surface area contributed by atoms with Crippen LogP contribution in [0, 0.1) is 0 Å². The molecule has 0 spiro atoms. The zero-order chi connectivity index (χ0) is 18.5. The van der Waals surface area contributed by atoms with Gasteiger partial charge in [-0.25, -0.2) is 4.79 Å². The highest BCUT2D eigenvalue weighted by Crippen LogP contribution is 2.24. The number of hydrogen-bond donors (Lipinski definition) is 2. The Hall–Kier alpha value is -3.16. The molecule has 1 saturated heterocycles. The van der Waals surface area contributed by atoms with Gasteiger partial charge in [0.25, 0.3) is 5.91 Å². The van der Waals surface area contributed by atoms with E-state index in [2.05, 4.69) is 15.4 Å². The number of anilines is 2. The molecule has 1 fully saturated rings. The summed E-state index contributed by atoms with van der Waals surface area (Å²) in [5.41, 5.74) is 1.07. The molecule has 8 heteroatoms. The van der Waals surface area contributed by atoms with Crippen LogP contribution in [0.3, 0.4) is 0 Å². The van der Waals surface area contributed by atoms with Crippen LogP contribution < -0.4 is 20.3 Å². The molecular formula is C18H17F2N3O3. The summed E-state index contributed by atoms with van der Waals surface area (Å²) in [5.74, 6) is -0.784. The van der Waals surface area contributed by atoms with Crippen molar-refractivity contribution in [1.29, 1.82) is 0 Å². The molecular weight excluding hydrogens is 344 g/mol. The molecule has 2 aromatic carbocycles. The number of para-hydroxylation sites is 1. The summed E-state index contributed by atoms with van der Waals surface area (Å²) in [7, 11) is 0. The van der Waals surface area contributed by atoms with E-state index in [9.17, 15) is 18.4 Å². The second-order valence-corrected chi connectivity index (χ2v) is 5.62. The largest absolute Gasteiger partial charge is 0.434 e. The molecule has 3 rings (SSSR count). The number of carbonyl (C=O) groups excluding carboxylic acids is 2. The third-order valence-electron chi connectivity index (χ3n) is 3.84. The number of hydrogen-bond acceptors (Lipinski definition) is 3. The van der Waals surface area contributed by atoms with Crippen molar-refractivity contribution in [1.82, 2.24) is 5.32 Å². The van der Waals surface area contributed by atoms with Gasteiger partial charge < -0.3 is 15.4 Å². The lowest BCUT2D eigenvalue weighted by Gasteiger charge is -2.27. The lowest BCUT2D eigenvalue weighted by Crippen LogP contribution is -2.46. The minimum atomic E-state index is -3.02. The Morgan fingerprint density at radius 3 is 2.77 bits per heavy atom. The predicted octanol–water partition coefficient (Wildman–Crippen LogP) is 3.46. The predicted molar refractivity (Wildman–Crippen MR) is 92.8 cm³/mol. The van der Waals surface area contributed by atoms with E-state index in [-0.39, 0.29) is 17.3 Å². The van der Waals surface area contributed by atoms with E-state index in [0.717, 1.165) is 6.42 Å². The molecule has 0 aliphatic carbocycles. The normalized spacial score (nSPS) is 14.1. The monoisotopic (exact) mass is 361 g/mol. The summed E-state index contributed by atoms with van der Waals surface area (Å²) in [5, 5.41) is 5.40. The average molecular weight is 361 g/mol. The summed E-state index contributed by atoms with van der Waals surface area (Å²) in [6.07, 6.45) is 0.820. The number of amides is 3. The summed E-state index contributed by atoms with van der Waals surface area (Å²) in [6, 6.07) is 12.3. The van der Waals surface area contributed by atoms with Gasteiger partial charge in [0.1, 0.15) is 5.75 Å². The van der Waals surface area contributed by atoms with Crippen LogP contribution in [0.4, 0.5) is 25.0 Å². The maximum atomic E-state index is 12.5. The van der Waals surface area contributed by atoms with Crippen molar-refractivity contribution < 1.29 is 23.1 Å². The fourth-order valence-corrected chi connectivity index (χ4v) is 2.68. The quantitative estimate of drug-likeness (QED) is 0.857. The Morgan fingerprint density at radius 1 is 1.19 bits per heavy atom. The number of rotatable bonds is 5. The SMILES string of the molecule is O=C(Nc1cccc(N2CCCNC2=O)c1)c1ccccc1OC(F)F. The zero-order valence-corrected chi connectivity index (χ0v) is 13.7. The van der Waals surface area contributed by atoms with Crippen LogP contribution in [-0.2, 0) is 0 Å². The minimum Gasteiger partial charge on any atom is -0.434 e. The van der Waals surface area contributed by atoms with Gasteiger partial charge in [-0.15, -0.1) is 0 Å². The number of carbonyl (C=O) groups is 2. The number of halogens is 2. The highest BCUT2D eigenvalue weighted by atomic mass is 19.3. The Bertz CT molecular complexity index is 814. The van der Waals surface area contributed by atoms with Crippen LogP contribution in [0.5, 0.6) is 5.75 Å². The number of ether oxygens (including phenoxy) is 1. The molecule has 0 bridgehead atoms.